The lowest BCUT2D eigenvalue weighted by molar-refractivity contribution is -0.870. The molecular formula is C76H136N2O6P+. The number of quaternary nitrogens is 1. The lowest BCUT2D eigenvalue weighted by atomic mass is 10.0. The molecule has 0 aromatic rings. The predicted octanol–water partition coefficient (Wildman–Crippen LogP) is 22.8. The summed E-state index contributed by atoms with van der Waals surface area (Å²) in [7, 11) is 1.60. The van der Waals surface area contributed by atoms with E-state index in [1.165, 1.54) is 167 Å². The molecule has 0 aliphatic heterocycles. The number of phosphoric acid groups is 1. The molecule has 0 aliphatic rings. The van der Waals surface area contributed by atoms with Crippen molar-refractivity contribution in [2.45, 2.75) is 315 Å². The average molecular weight is 1200 g/mol. The normalized spacial score (nSPS) is 14.4. The van der Waals surface area contributed by atoms with Crippen molar-refractivity contribution in [3.05, 3.63) is 122 Å². The Hall–Kier alpha value is -3.10. The van der Waals surface area contributed by atoms with Gasteiger partial charge in [0.15, 0.2) is 0 Å². The first kappa shape index (κ1) is 81.9. The van der Waals surface area contributed by atoms with Crippen LogP contribution in [0.4, 0.5) is 0 Å². The number of rotatable bonds is 64. The summed E-state index contributed by atoms with van der Waals surface area (Å²) in [6, 6.07) is -0.775. The number of unbranched alkanes of at least 4 members (excludes halogenated alkanes) is 31. The number of allylic oxidation sites excluding steroid dienone is 20. The molecule has 490 valence electrons. The highest BCUT2D eigenvalue weighted by Gasteiger charge is 2.28. The number of nitrogens with one attached hydrogen (secondary N) is 1. The number of amides is 1. The number of nitrogens with zero attached hydrogens (tertiary/aromatic N) is 1. The molecule has 8 nitrogen and oxygen atoms in total. The molecular weight excluding hydrogens is 1070 g/mol. The fraction of sp³-hybridized carbons (Fsp3) is 0.724. The first-order chi connectivity index (χ1) is 41.5. The largest absolute Gasteiger partial charge is 0.472 e. The Morgan fingerprint density at radius 2 is 0.706 bits per heavy atom. The minimum atomic E-state index is -4.34. The van der Waals surface area contributed by atoms with Gasteiger partial charge >= 0.3 is 7.82 Å². The Morgan fingerprint density at radius 1 is 0.412 bits per heavy atom. The Morgan fingerprint density at radius 3 is 1.04 bits per heavy atom. The van der Waals surface area contributed by atoms with Gasteiger partial charge in [0.25, 0.3) is 0 Å². The number of aliphatic hydroxyl groups excluding tert-OH is 1. The van der Waals surface area contributed by atoms with Crippen LogP contribution in [0.3, 0.4) is 0 Å². The van der Waals surface area contributed by atoms with E-state index in [9.17, 15) is 19.4 Å². The van der Waals surface area contributed by atoms with E-state index < -0.39 is 20.0 Å². The first-order valence-corrected chi connectivity index (χ1v) is 36.9. The minimum Gasteiger partial charge on any atom is -0.391 e. The first-order valence-electron chi connectivity index (χ1n) is 35.4. The lowest BCUT2D eigenvalue weighted by Gasteiger charge is -2.26. The van der Waals surface area contributed by atoms with Gasteiger partial charge in [0.05, 0.1) is 39.9 Å². The van der Waals surface area contributed by atoms with E-state index in [1.54, 1.807) is 0 Å². The smallest absolute Gasteiger partial charge is 0.391 e. The van der Waals surface area contributed by atoms with Gasteiger partial charge < -0.3 is 19.8 Å². The molecule has 85 heavy (non-hydrogen) atoms. The van der Waals surface area contributed by atoms with Gasteiger partial charge in [-0.15, -0.1) is 0 Å². The van der Waals surface area contributed by atoms with E-state index in [-0.39, 0.29) is 19.1 Å². The second kappa shape index (κ2) is 65.3. The molecule has 9 heteroatoms. The molecule has 0 spiro atoms. The van der Waals surface area contributed by atoms with Crippen molar-refractivity contribution in [1.82, 2.24) is 5.32 Å². The zero-order valence-corrected chi connectivity index (χ0v) is 57.0. The van der Waals surface area contributed by atoms with Gasteiger partial charge in [-0.2, -0.15) is 0 Å². The maximum absolute atomic E-state index is 13.1. The number of carbonyl (C=O) groups is 1. The summed E-state index contributed by atoms with van der Waals surface area (Å²) in [6.45, 7) is 4.79. The van der Waals surface area contributed by atoms with Crippen LogP contribution in [0.1, 0.15) is 303 Å². The maximum atomic E-state index is 13.1. The second-order valence-electron chi connectivity index (χ2n) is 24.9. The molecule has 0 rings (SSSR count). The number of carbonyl (C=O) groups excluding carboxylic acids is 1. The van der Waals surface area contributed by atoms with Crippen LogP contribution in [0.5, 0.6) is 0 Å². The van der Waals surface area contributed by atoms with Crippen molar-refractivity contribution in [3.8, 4) is 0 Å². The van der Waals surface area contributed by atoms with Gasteiger partial charge in [-0.25, -0.2) is 4.57 Å². The van der Waals surface area contributed by atoms with E-state index in [0.717, 1.165) is 109 Å². The van der Waals surface area contributed by atoms with Crippen LogP contribution in [-0.2, 0) is 18.4 Å². The molecule has 3 unspecified atom stereocenters. The van der Waals surface area contributed by atoms with Gasteiger partial charge in [-0.1, -0.05) is 328 Å². The number of aliphatic hydroxyl groups is 1. The molecule has 0 aromatic heterocycles. The van der Waals surface area contributed by atoms with Crippen molar-refractivity contribution in [1.29, 1.82) is 0 Å². The molecule has 3 atom stereocenters. The van der Waals surface area contributed by atoms with Crippen molar-refractivity contribution in [2.24, 2.45) is 0 Å². The molecule has 0 saturated carbocycles. The molecule has 0 saturated heterocycles. The fourth-order valence-corrected chi connectivity index (χ4v) is 10.8. The van der Waals surface area contributed by atoms with Crippen LogP contribution in [0, 0.1) is 0 Å². The number of likely N-dealkylation sites (N-methyl/N-ethyl adjacent to an activating group) is 1. The van der Waals surface area contributed by atoms with Gasteiger partial charge in [-0.3, -0.25) is 13.8 Å². The quantitative estimate of drug-likeness (QED) is 0.0243. The van der Waals surface area contributed by atoms with Crippen molar-refractivity contribution in [2.75, 3.05) is 40.9 Å². The topological polar surface area (TPSA) is 105 Å². The van der Waals surface area contributed by atoms with Crippen molar-refractivity contribution < 1.29 is 32.9 Å². The summed E-state index contributed by atoms with van der Waals surface area (Å²) in [5.41, 5.74) is 0. The molecule has 0 radical (unpaired) electrons. The summed E-state index contributed by atoms with van der Waals surface area (Å²) in [4.78, 5) is 23.5. The number of hydrogen-bond acceptors (Lipinski definition) is 5. The summed E-state index contributed by atoms with van der Waals surface area (Å²) in [5, 5.41) is 14.1. The van der Waals surface area contributed by atoms with E-state index in [0.29, 0.717) is 23.9 Å². The minimum absolute atomic E-state index is 0.0680. The molecule has 3 N–H and O–H groups in total. The van der Waals surface area contributed by atoms with E-state index in [2.05, 4.69) is 141 Å². The average Bonchev–Trinajstić information content (AvgIpc) is 3.49. The Bertz CT molecular complexity index is 1800. The monoisotopic (exact) mass is 1200 g/mol. The van der Waals surface area contributed by atoms with Crippen LogP contribution in [0.2, 0.25) is 0 Å². The van der Waals surface area contributed by atoms with Gasteiger partial charge in [0, 0.05) is 6.42 Å². The van der Waals surface area contributed by atoms with Crippen molar-refractivity contribution in [3.63, 3.8) is 0 Å². The van der Waals surface area contributed by atoms with E-state index in [4.69, 9.17) is 9.05 Å². The van der Waals surface area contributed by atoms with Crippen molar-refractivity contribution >= 4 is 13.7 Å². The SMILES string of the molecule is CC/C=C\C/C=C\C/C=C\C/C=C\C/C=C\C/C=C\C/C=C\C/C=C\C/C=C\C/C=C\CCCCCCCCCCC(=O)NC(COP(=O)(O)OCC[N+](C)(C)C)C(O)CCCCCCCCCCCCCCCCCCCCCCCCCC. The Kier molecular flexibility index (Phi) is 63.0. The van der Waals surface area contributed by atoms with E-state index in [1.807, 2.05) is 21.1 Å². The summed E-state index contributed by atoms with van der Waals surface area (Å²) in [6.07, 6.45) is 97.2. The maximum Gasteiger partial charge on any atom is 0.472 e. The van der Waals surface area contributed by atoms with Crippen LogP contribution in [0.25, 0.3) is 0 Å². The summed E-state index contributed by atoms with van der Waals surface area (Å²) in [5.74, 6) is -0.154. The molecule has 1 amide bonds. The van der Waals surface area contributed by atoms with Crippen LogP contribution >= 0.6 is 7.82 Å². The number of hydrogen-bond donors (Lipinski definition) is 3. The molecule has 0 bridgehead atoms. The Balaban J connectivity index is 4.11. The highest BCUT2D eigenvalue weighted by atomic mass is 31.2. The standard InChI is InChI=1S/C76H135N2O6P/c1-6-8-10-12-14-16-18-20-22-24-26-28-30-32-33-34-35-36-37-38-39-40-41-42-43-44-45-46-48-50-52-54-56-58-60-62-64-66-68-70-76(80)77-74(73-84-85(81,82)83-72-71-78(3,4)5)75(79)69-67-65-63-61-59-57-55-53-51-49-47-31-29-27-25-23-21-19-17-15-13-11-9-7-2/h8,10,14,16,20,22,26,28,32-33,35-36,38-39,41-42,44-45,48,50,74-75,79H,6-7,9,11-13,15,17-19,21,23-25,27,29-31,34,37,40,43,46-47,49,51-73H2,1-5H3,(H-,77,80,81,82)/p+1/b10-8-,16-14-,22-20-,28-26-,33-32-,36-35-,39-38-,42-41-,45-44-,50-48-. The third kappa shape index (κ3) is 68.3. The summed E-state index contributed by atoms with van der Waals surface area (Å²) < 4.78 is 23.9. The predicted molar refractivity (Wildman–Crippen MR) is 373 cm³/mol. The third-order valence-electron chi connectivity index (χ3n) is 15.5. The van der Waals surface area contributed by atoms with Gasteiger partial charge in [0.2, 0.25) is 5.91 Å². The zero-order chi connectivity index (χ0) is 61.9. The number of phosphoric ester groups is 1. The van der Waals surface area contributed by atoms with Gasteiger partial charge in [0.1, 0.15) is 13.2 Å². The van der Waals surface area contributed by atoms with Gasteiger partial charge in [-0.05, 0) is 89.9 Å². The molecule has 0 aliphatic carbocycles. The Labute approximate surface area is 526 Å². The molecule has 0 fully saturated rings. The highest BCUT2D eigenvalue weighted by molar-refractivity contribution is 7.47. The van der Waals surface area contributed by atoms with Crippen LogP contribution in [-0.4, -0.2) is 73.4 Å². The fourth-order valence-electron chi connectivity index (χ4n) is 10.0. The van der Waals surface area contributed by atoms with Crippen LogP contribution in [0.15, 0.2) is 122 Å². The lowest BCUT2D eigenvalue weighted by Crippen LogP contribution is -2.46. The van der Waals surface area contributed by atoms with E-state index >= 15 is 0 Å². The summed E-state index contributed by atoms with van der Waals surface area (Å²) >= 11 is 0. The highest BCUT2D eigenvalue weighted by Crippen LogP contribution is 2.43. The zero-order valence-electron chi connectivity index (χ0n) is 56.1. The molecule has 0 heterocycles. The third-order valence-corrected chi connectivity index (χ3v) is 16.5. The molecule has 0 aromatic carbocycles. The second-order valence-corrected chi connectivity index (χ2v) is 26.3. The van der Waals surface area contributed by atoms with Crippen LogP contribution < -0.4 is 5.32 Å².